The molecule has 0 radical (unpaired) electrons. The van der Waals surface area contributed by atoms with E-state index in [9.17, 15) is 9.90 Å². The van der Waals surface area contributed by atoms with E-state index in [0.717, 1.165) is 6.42 Å². The van der Waals surface area contributed by atoms with Crippen molar-refractivity contribution in [1.82, 2.24) is 0 Å². The SMILES string of the molecule is C=C(C[C@H](O)[C@@H](C)CO[Si](c1ccccc1)(c1ccccc1)C(C)(C)C)[C@@H](CC[C@@H](C/C=C/C)O[Si](C)(C)C(C)(C)C)OC(=O)c1ccccc1. The highest BCUT2D eigenvalue weighted by Gasteiger charge is 2.50. The second kappa shape index (κ2) is 18.6. The molecule has 0 saturated heterocycles. The van der Waals surface area contributed by atoms with Crippen LogP contribution in [0.15, 0.2) is 115 Å². The Morgan fingerprint density at radius 1 is 0.824 bits per heavy atom. The van der Waals surface area contributed by atoms with Crippen molar-refractivity contribution in [3.63, 3.8) is 0 Å². The summed E-state index contributed by atoms with van der Waals surface area (Å²) in [6.07, 6.45) is 5.20. The van der Waals surface area contributed by atoms with Crippen LogP contribution in [0.5, 0.6) is 0 Å². The third-order valence-corrected chi connectivity index (χ3v) is 20.0. The Hall–Kier alpha value is -3.08. The van der Waals surface area contributed by atoms with Crippen LogP contribution in [-0.2, 0) is 13.6 Å². The van der Waals surface area contributed by atoms with Crippen molar-refractivity contribution in [2.45, 2.75) is 123 Å². The van der Waals surface area contributed by atoms with Gasteiger partial charge in [0.2, 0.25) is 0 Å². The molecule has 3 rings (SSSR count). The lowest BCUT2D eigenvalue weighted by atomic mass is 9.93. The maximum absolute atomic E-state index is 13.4. The predicted octanol–water partition coefficient (Wildman–Crippen LogP) is 9.87. The van der Waals surface area contributed by atoms with Gasteiger partial charge in [0.25, 0.3) is 8.32 Å². The molecular formula is C44H64O5Si2. The van der Waals surface area contributed by atoms with E-state index in [0.29, 0.717) is 37.0 Å². The first-order valence-corrected chi connectivity index (χ1v) is 23.4. The molecule has 0 aromatic heterocycles. The van der Waals surface area contributed by atoms with Gasteiger partial charge in [-0.1, -0.05) is 146 Å². The number of benzene rings is 3. The van der Waals surface area contributed by atoms with Gasteiger partial charge < -0.3 is 18.7 Å². The van der Waals surface area contributed by atoms with E-state index in [-0.39, 0.29) is 22.1 Å². The van der Waals surface area contributed by atoms with Crippen LogP contribution in [0.25, 0.3) is 0 Å². The zero-order valence-electron chi connectivity index (χ0n) is 32.9. The summed E-state index contributed by atoms with van der Waals surface area (Å²) in [6.45, 7) is 26.9. The van der Waals surface area contributed by atoms with Crippen molar-refractivity contribution in [3.05, 3.63) is 121 Å². The normalized spacial score (nSPS) is 15.3. The minimum atomic E-state index is -2.77. The van der Waals surface area contributed by atoms with Gasteiger partial charge in [-0.05, 0) is 83.9 Å². The minimum absolute atomic E-state index is 0.0171. The fourth-order valence-electron chi connectivity index (χ4n) is 6.29. The van der Waals surface area contributed by atoms with Gasteiger partial charge in [-0.2, -0.15) is 0 Å². The first kappa shape index (κ1) is 42.3. The lowest BCUT2D eigenvalue weighted by Crippen LogP contribution is -2.67. The van der Waals surface area contributed by atoms with Crippen LogP contribution in [0.4, 0.5) is 0 Å². The largest absolute Gasteiger partial charge is 0.454 e. The average molecular weight is 729 g/mol. The van der Waals surface area contributed by atoms with E-state index in [1.807, 2.05) is 44.2 Å². The van der Waals surface area contributed by atoms with E-state index >= 15 is 0 Å². The van der Waals surface area contributed by atoms with Crippen molar-refractivity contribution in [1.29, 1.82) is 0 Å². The highest BCUT2D eigenvalue weighted by Crippen LogP contribution is 2.39. The molecule has 0 aliphatic carbocycles. The van der Waals surface area contributed by atoms with Gasteiger partial charge in [0.1, 0.15) is 6.10 Å². The van der Waals surface area contributed by atoms with Crippen LogP contribution in [-0.4, -0.2) is 52.6 Å². The van der Waals surface area contributed by atoms with Crippen molar-refractivity contribution >= 4 is 33.0 Å². The predicted molar refractivity (Wildman–Crippen MR) is 219 cm³/mol. The molecule has 0 spiro atoms. The number of aliphatic hydroxyl groups is 1. The Morgan fingerprint density at radius 3 is 1.80 bits per heavy atom. The van der Waals surface area contributed by atoms with Gasteiger partial charge >= 0.3 is 5.97 Å². The molecule has 5 nitrogen and oxygen atoms in total. The maximum Gasteiger partial charge on any atom is 0.338 e. The number of aliphatic hydroxyl groups excluding tert-OH is 1. The summed E-state index contributed by atoms with van der Waals surface area (Å²) < 4.78 is 20.2. The molecule has 0 amide bonds. The lowest BCUT2D eigenvalue weighted by molar-refractivity contribution is 0.0278. The van der Waals surface area contributed by atoms with Crippen LogP contribution >= 0.6 is 0 Å². The molecule has 278 valence electrons. The van der Waals surface area contributed by atoms with Gasteiger partial charge in [-0.15, -0.1) is 0 Å². The third kappa shape index (κ3) is 11.5. The fraction of sp³-hybridized carbons (Fsp3) is 0.477. The van der Waals surface area contributed by atoms with Gasteiger partial charge in [-0.25, -0.2) is 4.79 Å². The Kier molecular flexibility index (Phi) is 15.4. The van der Waals surface area contributed by atoms with Gasteiger partial charge in [0.15, 0.2) is 8.32 Å². The molecule has 4 atom stereocenters. The molecule has 51 heavy (non-hydrogen) atoms. The van der Waals surface area contributed by atoms with Crippen molar-refractivity contribution < 1.29 is 23.5 Å². The number of ether oxygens (including phenoxy) is 1. The molecule has 0 unspecified atom stereocenters. The molecule has 3 aromatic carbocycles. The molecule has 0 fully saturated rings. The number of allylic oxidation sites excluding steroid dienone is 1. The molecule has 7 heteroatoms. The van der Waals surface area contributed by atoms with Crippen LogP contribution in [0.3, 0.4) is 0 Å². The molecule has 0 aliphatic rings. The van der Waals surface area contributed by atoms with Crippen LogP contribution in [0, 0.1) is 5.92 Å². The Balaban J connectivity index is 1.83. The minimum Gasteiger partial charge on any atom is -0.454 e. The van der Waals surface area contributed by atoms with Crippen molar-refractivity contribution in [3.8, 4) is 0 Å². The first-order chi connectivity index (χ1) is 23.9. The Labute approximate surface area is 311 Å². The topological polar surface area (TPSA) is 65.0 Å². The van der Waals surface area contributed by atoms with E-state index in [2.05, 4.69) is 122 Å². The summed E-state index contributed by atoms with van der Waals surface area (Å²) in [5.74, 6) is -0.590. The maximum atomic E-state index is 13.4. The average Bonchev–Trinajstić information content (AvgIpc) is 3.08. The monoisotopic (exact) mass is 728 g/mol. The highest BCUT2D eigenvalue weighted by atomic mass is 28.4. The summed E-state index contributed by atoms with van der Waals surface area (Å²) in [5, 5.41) is 14.0. The third-order valence-electron chi connectivity index (χ3n) is 10.5. The quantitative estimate of drug-likeness (QED) is 0.0803. The number of hydrogen-bond acceptors (Lipinski definition) is 5. The first-order valence-electron chi connectivity index (χ1n) is 18.6. The molecule has 0 aliphatic heterocycles. The smallest absolute Gasteiger partial charge is 0.338 e. The summed E-state index contributed by atoms with van der Waals surface area (Å²) >= 11 is 0. The molecule has 0 heterocycles. The van der Waals surface area contributed by atoms with E-state index in [1.54, 1.807) is 12.1 Å². The summed E-state index contributed by atoms with van der Waals surface area (Å²) in [6, 6.07) is 30.2. The zero-order chi connectivity index (χ0) is 37.9. The van der Waals surface area contributed by atoms with Crippen LogP contribution in [0.2, 0.25) is 23.2 Å². The van der Waals surface area contributed by atoms with Gasteiger partial charge in [0, 0.05) is 18.6 Å². The Morgan fingerprint density at radius 2 is 1.33 bits per heavy atom. The van der Waals surface area contributed by atoms with Crippen molar-refractivity contribution in [2.24, 2.45) is 5.92 Å². The van der Waals surface area contributed by atoms with Crippen LogP contribution in [0.1, 0.15) is 91.4 Å². The zero-order valence-corrected chi connectivity index (χ0v) is 34.9. The number of carbonyl (C=O) groups excluding carboxylic acids is 1. The number of hydrogen-bond donors (Lipinski definition) is 1. The van der Waals surface area contributed by atoms with Gasteiger partial charge in [-0.3, -0.25) is 0 Å². The molecular weight excluding hydrogens is 665 g/mol. The summed E-state index contributed by atoms with van der Waals surface area (Å²) in [4.78, 5) is 13.4. The Bertz CT molecular complexity index is 1480. The van der Waals surface area contributed by atoms with Crippen molar-refractivity contribution in [2.75, 3.05) is 6.61 Å². The number of esters is 1. The number of rotatable bonds is 18. The van der Waals surface area contributed by atoms with E-state index < -0.39 is 34.8 Å². The fourth-order valence-corrected chi connectivity index (χ4v) is 12.4. The molecule has 1 N–H and O–H groups in total. The molecule has 0 saturated carbocycles. The lowest BCUT2D eigenvalue weighted by Gasteiger charge is -2.43. The van der Waals surface area contributed by atoms with E-state index in [1.165, 1.54) is 10.4 Å². The van der Waals surface area contributed by atoms with E-state index in [4.69, 9.17) is 13.6 Å². The second-order valence-corrected chi connectivity index (χ2v) is 25.6. The van der Waals surface area contributed by atoms with Gasteiger partial charge in [0.05, 0.1) is 11.7 Å². The van der Waals surface area contributed by atoms with Crippen LogP contribution < -0.4 is 10.4 Å². The second-order valence-electron chi connectivity index (χ2n) is 16.5. The number of carbonyl (C=O) groups is 1. The molecule has 3 aromatic rings. The molecule has 0 bridgehead atoms. The highest BCUT2D eigenvalue weighted by molar-refractivity contribution is 6.99. The summed E-state index contributed by atoms with van der Waals surface area (Å²) in [7, 11) is -4.81. The standard InChI is InChI=1S/C44H64O5Si2/c1-12-13-25-37(49-50(10,11)43(4,5)6)30-31-41(48-42(46)36-23-17-14-18-24-36)34(2)32-40(45)35(3)33-47-51(44(7,8)9,38-26-19-15-20-27-38)39-28-21-16-22-29-39/h12-24,26-29,35,37,40-41,45H,2,25,30-33H2,1,3-11H3/b13-12+/t35-,37+,40-,41+/m0/s1. The summed E-state index contributed by atoms with van der Waals surface area (Å²) in [5.41, 5.74) is 1.19.